The van der Waals surface area contributed by atoms with E-state index in [0.717, 1.165) is 23.9 Å². The van der Waals surface area contributed by atoms with E-state index in [1.807, 2.05) is 0 Å². The van der Waals surface area contributed by atoms with Crippen LogP contribution < -0.4 is 15.9 Å². The number of carbonyl (C=O) groups is 1. The van der Waals surface area contributed by atoms with E-state index in [9.17, 15) is 18.0 Å². The summed E-state index contributed by atoms with van der Waals surface area (Å²) in [5, 5.41) is 10.1. The number of amides is 1. The topological polar surface area (TPSA) is 95.1 Å². The summed E-state index contributed by atoms with van der Waals surface area (Å²) in [5.74, 6) is 5.89. The lowest BCUT2D eigenvalue weighted by molar-refractivity contribution is -0.137. The van der Waals surface area contributed by atoms with Gasteiger partial charge in [0.05, 0.1) is 34.7 Å². The molecular weight excluding hydrogens is 443 g/mol. The van der Waals surface area contributed by atoms with E-state index in [2.05, 4.69) is 15.5 Å². The number of nitrogens with one attached hydrogen (secondary N) is 1. The standard InChI is InChI=1S/C18H15ClF3N5O2S/c1-29-13-8-3-2-5-10(13)16-25-26-17(27(16)23)30-9-14(28)24-15-11(18(20,21)22)6-4-7-12(15)19/h2-8H,9,23H2,1H3,(H,24,28). The first-order valence-electron chi connectivity index (χ1n) is 8.34. The number of thioether (sulfide) groups is 1. The number of hydrogen-bond donors (Lipinski definition) is 2. The highest BCUT2D eigenvalue weighted by Gasteiger charge is 2.34. The van der Waals surface area contributed by atoms with Crippen molar-refractivity contribution in [2.45, 2.75) is 11.3 Å². The molecule has 3 rings (SSSR count). The molecular formula is C18H15ClF3N5O2S. The van der Waals surface area contributed by atoms with Crippen LogP contribution in [0.15, 0.2) is 47.6 Å². The van der Waals surface area contributed by atoms with Crippen molar-refractivity contribution in [2.24, 2.45) is 0 Å². The molecule has 0 fully saturated rings. The molecule has 1 aromatic heterocycles. The Bertz CT molecular complexity index is 1070. The zero-order chi connectivity index (χ0) is 21.9. The Morgan fingerprint density at radius 3 is 2.67 bits per heavy atom. The van der Waals surface area contributed by atoms with Crippen LogP contribution in [0.25, 0.3) is 11.4 Å². The highest BCUT2D eigenvalue weighted by atomic mass is 35.5. The van der Waals surface area contributed by atoms with Gasteiger partial charge in [0.1, 0.15) is 5.75 Å². The molecule has 0 saturated carbocycles. The van der Waals surface area contributed by atoms with E-state index in [4.69, 9.17) is 22.2 Å². The molecule has 0 spiro atoms. The molecule has 3 aromatic rings. The minimum Gasteiger partial charge on any atom is -0.496 e. The molecule has 158 valence electrons. The maximum atomic E-state index is 13.1. The number of halogens is 4. The zero-order valence-electron chi connectivity index (χ0n) is 15.4. The SMILES string of the molecule is COc1ccccc1-c1nnc(SCC(=O)Nc2c(Cl)cccc2C(F)(F)F)n1N. The molecule has 0 unspecified atom stereocenters. The van der Waals surface area contributed by atoms with E-state index in [0.29, 0.717) is 17.1 Å². The average Bonchev–Trinajstić information content (AvgIpc) is 3.07. The third-order valence-corrected chi connectivity index (χ3v) is 5.19. The Kier molecular flexibility index (Phi) is 6.42. The Hall–Kier alpha value is -2.92. The van der Waals surface area contributed by atoms with Gasteiger partial charge in [0.25, 0.3) is 0 Å². The Morgan fingerprint density at radius 2 is 1.97 bits per heavy atom. The molecule has 3 N–H and O–H groups in total. The lowest BCUT2D eigenvalue weighted by atomic mass is 10.1. The highest BCUT2D eigenvalue weighted by molar-refractivity contribution is 7.99. The summed E-state index contributed by atoms with van der Waals surface area (Å²) in [7, 11) is 1.50. The third-order valence-electron chi connectivity index (χ3n) is 3.93. The largest absolute Gasteiger partial charge is 0.496 e. The number of ether oxygens (including phenoxy) is 1. The fraction of sp³-hybridized carbons (Fsp3) is 0.167. The van der Waals surface area contributed by atoms with Gasteiger partial charge in [0.15, 0.2) is 5.82 Å². The lowest BCUT2D eigenvalue weighted by Crippen LogP contribution is -2.19. The van der Waals surface area contributed by atoms with E-state index in [1.165, 1.54) is 17.9 Å². The number of nitrogens with two attached hydrogens (primary N) is 1. The summed E-state index contributed by atoms with van der Waals surface area (Å²) in [5.41, 5.74) is -0.938. The number of benzene rings is 2. The fourth-order valence-electron chi connectivity index (χ4n) is 2.58. The van der Waals surface area contributed by atoms with Crippen molar-refractivity contribution in [3.63, 3.8) is 0 Å². The monoisotopic (exact) mass is 457 g/mol. The maximum absolute atomic E-state index is 13.1. The first kappa shape index (κ1) is 21.8. The number of alkyl halides is 3. The molecule has 1 heterocycles. The van der Waals surface area contributed by atoms with Crippen LogP contribution in [0.5, 0.6) is 5.75 Å². The molecule has 12 heteroatoms. The van der Waals surface area contributed by atoms with Crippen LogP contribution >= 0.6 is 23.4 Å². The summed E-state index contributed by atoms with van der Waals surface area (Å²) in [6.07, 6.45) is -4.66. The Balaban J connectivity index is 1.74. The summed E-state index contributed by atoms with van der Waals surface area (Å²) in [4.78, 5) is 12.2. The van der Waals surface area contributed by atoms with Crippen LogP contribution in [0.2, 0.25) is 5.02 Å². The number of rotatable bonds is 6. The van der Waals surface area contributed by atoms with Crippen LogP contribution in [-0.4, -0.2) is 33.6 Å². The lowest BCUT2D eigenvalue weighted by Gasteiger charge is -2.15. The van der Waals surface area contributed by atoms with Crippen LogP contribution in [0, 0.1) is 0 Å². The average molecular weight is 458 g/mol. The van der Waals surface area contributed by atoms with Gasteiger partial charge in [0.2, 0.25) is 11.1 Å². The van der Waals surface area contributed by atoms with Gasteiger partial charge >= 0.3 is 6.18 Å². The van der Waals surface area contributed by atoms with Crippen molar-refractivity contribution in [1.29, 1.82) is 0 Å². The van der Waals surface area contributed by atoms with E-state index in [1.54, 1.807) is 24.3 Å². The molecule has 0 atom stereocenters. The van der Waals surface area contributed by atoms with Gasteiger partial charge in [-0.15, -0.1) is 10.2 Å². The predicted octanol–water partition coefficient (Wildman–Crippen LogP) is 4.07. The number of aromatic nitrogens is 3. The number of nitrogens with zero attached hydrogens (tertiary/aromatic N) is 3. The van der Waals surface area contributed by atoms with Crippen molar-refractivity contribution in [3.05, 3.63) is 53.1 Å². The van der Waals surface area contributed by atoms with Crippen molar-refractivity contribution < 1.29 is 22.7 Å². The van der Waals surface area contributed by atoms with Gasteiger partial charge in [-0.1, -0.05) is 41.6 Å². The molecule has 0 saturated heterocycles. The second-order valence-electron chi connectivity index (χ2n) is 5.87. The van der Waals surface area contributed by atoms with E-state index >= 15 is 0 Å². The van der Waals surface area contributed by atoms with Gasteiger partial charge in [0, 0.05) is 0 Å². The number of para-hydroxylation sites is 2. The minimum absolute atomic E-state index is 0.196. The van der Waals surface area contributed by atoms with Crippen molar-refractivity contribution in [1.82, 2.24) is 14.9 Å². The molecule has 0 aliphatic rings. The highest BCUT2D eigenvalue weighted by Crippen LogP contribution is 2.38. The summed E-state index contributed by atoms with van der Waals surface area (Å²) < 4.78 is 45.9. The van der Waals surface area contributed by atoms with Crippen molar-refractivity contribution in [2.75, 3.05) is 24.0 Å². The Morgan fingerprint density at radius 1 is 1.23 bits per heavy atom. The van der Waals surface area contributed by atoms with Gasteiger partial charge in [-0.25, -0.2) is 4.68 Å². The summed E-state index contributed by atoms with van der Waals surface area (Å²) >= 11 is 6.75. The Labute approximate surface area is 178 Å². The number of anilines is 1. The van der Waals surface area contributed by atoms with Crippen LogP contribution in [0.4, 0.5) is 18.9 Å². The van der Waals surface area contributed by atoms with Gasteiger partial charge in [-0.05, 0) is 24.3 Å². The van der Waals surface area contributed by atoms with Crippen LogP contribution in [-0.2, 0) is 11.0 Å². The van der Waals surface area contributed by atoms with E-state index in [-0.39, 0.29) is 15.9 Å². The van der Waals surface area contributed by atoms with Gasteiger partial charge < -0.3 is 15.9 Å². The smallest absolute Gasteiger partial charge is 0.418 e. The fourth-order valence-corrected chi connectivity index (χ4v) is 3.46. The first-order valence-corrected chi connectivity index (χ1v) is 9.71. The van der Waals surface area contributed by atoms with Crippen LogP contribution in [0.3, 0.4) is 0 Å². The zero-order valence-corrected chi connectivity index (χ0v) is 17.0. The third kappa shape index (κ3) is 4.62. The molecule has 0 bridgehead atoms. The van der Waals surface area contributed by atoms with E-state index < -0.39 is 23.3 Å². The number of methoxy groups -OCH3 is 1. The maximum Gasteiger partial charge on any atom is 0.418 e. The molecule has 0 radical (unpaired) electrons. The normalized spacial score (nSPS) is 11.4. The second kappa shape index (κ2) is 8.84. The number of hydrogen-bond acceptors (Lipinski definition) is 6. The van der Waals surface area contributed by atoms with Gasteiger partial charge in [-0.2, -0.15) is 13.2 Å². The number of nitrogen functional groups attached to an aromatic ring is 1. The molecule has 7 nitrogen and oxygen atoms in total. The second-order valence-corrected chi connectivity index (χ2v) is 7.22. The van der Waals surface area contributed by atoms with Crippen molar-refractivity contribution >= 4 is 35.0 Å². The molecule has 2 aromatic carbocycles. The predicted molar refractivity (Wildman–Crippen MR) is 108 cm³/mol. The van der Waals surface area contributed by atoms with Crippen LogP contribution in [0.1, 0.15) is 5.56 Å². The minimum atomic E-state index is -4.66. The molecule has 0 aliphatic heterocycles. The summed E-state index contributed by atoms with van der Waals surface area (Å²) in [6, 6.07) is 10.3. The first-order chi connectivity index (χ1) is 14.2. The summed E-state index contributed by atoms with van der Waals surface area (Å²) in [6.45, 7) is 0. The molecule has 30 heavy (non-hydrogen) atoms. The molecule has 0 aliphatic carbocycles. The number of carbonyl (C=O) groups excluding carboxylic acids is 1. The quantitative estimate of drug-likeness (QED) is 0.428. The van der Waals surface area contributed by atoms with Gasteiger partial charge in [-0.3, -0.25) is 4.79 Å². The molecule has 1 amide bonds. The van der Waals surface area contributed by atoms with Crippen molar-refractivity contribution in [3.8, 4) is 17.1 Å².